The minimum absolute atomic E-state index is 0.0352. The number of benzene rings is 2. The van der Waals surface area contributed by atoms with Crippen LogP contribution in [-0.2, 0) is 4.79 Å². The number of aromatic hydroxyl groups is 1. The second-order valence-electron chi connectivity index (χ2n) is 5.24. The van der Waals surface area contributed by atoms with Gasteiger partial charge in [-0.25, -0.2) is 5.43 Å². The minimum Gasteiger partial charge on any atom is -0.503 e. The van der Waals surface area contributed by atoms with Crippen molar-refractivity contribution in [1.29, 1.82) is 0 Å². The van der Waals surface area contributed by atoms with E-state index in [-0.39, 0.29) is 18.1 Å². The fourth-order valence-electron chi connectivity index (χ4n) is 2.25. The summed E-state index contributed by atoms with van der Waals surface area (Å²) in [5.74, 6) is 0.917. The first-order chi connectivity index (χ1) is 12.5. The van der Waals surface area contributed by atoms with Crippen molar-refractivity contribution in [3.63, 3.8) is 0 Å². The van der Waals surface area contributed by atoms with Crippen LogP contribution in [0.3, 0.4) is 0 Å². The maximum atomic E-state index is 12.2. The van der Waals surface area contributed by atoms with Crippen LogP contribution in [0.15, 0.2) is 44.4 Å². The van der Waals surface area contributed by atoms with Crippen LogP contribution in [0.2, 0.25) is 0 Å². The number of halogens is 2. The first-order valence-electron chi connectivity index (χ1n) is 7.47. The van der Waals surface area contributed by atoms with Crippen molar-refractivity contribution >= 4 is 44.0 Å². The number of nitrogens with one attached hydrogen (secondary N) is 1. The third kappa shape index (κ3) is 3.78. The van der Waals surface area contributed by atoms with E-state index in [0.717, 1.165) is 0 Å². The molecule has 0 saturated heterocycles. The molecule has 0 bridgehead atoms. The van der Waals surface area contributed by atoms with Crippen LogP contribution in [0.4, 0.5) is 0 Å². The Morgan fingerprint density at radius 3 is 2.81 bits per heavy atom. The molecule has 2 aromatic carbocycles. The van der Waals surface area contributed by atoms with Crippen LogP contribution in [0, 0.1) is 0 Å². The molecule has 0 aliphatic carbocycles. The van der Waals surface area contributed by atoms with Crippen molar-refractivity contribution < 1.29 is 24.1 Å². The Kier molecular flexibility index (Phi) is 5.67. The molecule has 0 spiro atoms. The Morgan fingerprint density at radius 1 is 1.35 bits per heavy atom. The summed E-state index contributed by atoms with van der Waals surface area (Å²) in [4.78, 5) is 12.2. The van der Waals surface area contributed by atoms with Gasteiger partial charge in [0.2, 0.25) is 6.10 Å². The number of carbonyl (C=O) groups excluding carboxylic acids is 1. The van der Waals surface area contributed by atoms with Crippen molar-refractivity contribution in [2.45, 2.75) is 6.10 Å². The first kappa shape index (κ1) is 18.5. The zero-order chi connectivity index (χ0) is 18.7. The normalized spacial score (nSPS) is 15.7. The second kappa shape index (κ2) is 7.96. The van der Waals surface area contributed by atoms with Crippen LogP contribution in [0.5, 0.6) is 23.0 Å². The second-order valence-corrected chi connectivity index (χ2v) is 6.83. The van der Waals surface area contributed by atoms with Gasteiger partial charge in [-0.2, -0.15) is 5.10 Å². The van der Waals surface area contributed by atoms with Crippen LogP contribution in [0.1, 0.15) is 5.56 Å². The molecule has 1 aliphatic rings. The molecule has 0 fully saturated rings. The number of hydrogen-bond donors (Lipinski definition) is 2. The van der Waals surface area contributed by atoms with Crippen molar-refractivity contribution in [2.75, 3.05) is 13.7 Å². The van der Waals surface area contributed by atoms with Gasteiger partial charge in [0.05, 0.1) is 17.8 Å². The predicted octanol–water partition coefficient (Wildman–Crippen LogP) is 3.22. The highest BCUT2D eigenvalue weighted by atomic mass is 79.9. The van der Waals surface area contributed by atoms with E-state index < -0.39 is 12.0 Å². The van der Waals surface area contributed by atoms with Gasteiger partial charge >= 0.3 is 0 Å². The number of methoxy groups -OCH3 is 1. The molecule has 1 amide bonds. The maximum absolute atomic E-state index is 12.2. The summed E-state index contributed by atoms with van der Waals surface area (Å²) in [6.07, 6.45) is 0.623. The van der Waals surface area contributed by atoms with Gasteiger partial charge < -0.3 is 19.3 Å². The number of phenols is 1. The van der Waals surface area contributed by atoms with E-state index in [9.17, 15) is 9.90 Å². The largest absolute Gasteiger partial charge is 0.503 e. The Morgan fingerprint density at radius 2 is 2.08 bits per heavy atom. The summed E-state index contributed by atoms with van der Waals surface area (Å²) >= 11 is 6.60. The van der Waals surface area contributed by atoms with Gasteiger partial charge in [0, 0.05) is 10.0 Å². The topological polar surface area (TPSA) is 89.4 Å². The molecule has 3 rings (SSSR count). The summed E-state index contributed by atoms with van der Waals surface area (Å²) in [5, 5.41) is 13.9. The smallest absolute Gasteiger partial charge is 0.284 e. The van der Waals surface area contributed by atoms with E-state index in [4.69, 9.17) is 14.2 Å². The molecule has 7 nitrogen and oxygen atoms in total. The highest BCUT2D eigenvalue weighted by molar-refractivity contribution is 9.13. The van der Waals surface area contributed by atoms with Gasteiger partial charge in [-0.15, -0.1) is 0 Å². The molecule has 26 heavy (non-hydrogen) atoms. The molecule has 2 N–H and O–H groups in total. The molecule has 1 heterocycles. The van der Waals surface area contributed by atoms with Gasteiger partial charge in [0.15, 0.2) is 23.0 Å². The minimum atomic E-state index is -0.799. The summed E-state index contributed by atoms with van der Waals surface area (Å²) in [5.41, 5.74) is 3.01. The van der Waals surface area contributed by atoms with Crippen molar-refractivity contribution in [2.24, 2.45) is 5.10 Å². The quantitative estimate of drug-likeness (QED) is 0.512. The highest BCUT2D eigenvalue weighted by Gasteiger charge is 2.27. The summed E-state index contributed by atoms with van der Waals surface area (Å²) < 4.78 is 17.2. The van der Waals surface area contributed by atoms with Gasteiger partial charge in [-0.3, -0.25) is 4.79 Å². The molecule has 1 unspecified atom stereocenters. The van der Waals surface area contributed by atoms with Gasteiger partial charge in [-0.05, 0) is 50.1 Å². The SMILES string of the molecule is COc1cc(C=NNC(=O)C2COc3ccccc3O2)c(Br)c(Br)c1O. The Bertz CT molecular complexity index is 872. The molecular weight excluding hydrogens is 472 g/mol. The lowest BCUT2D eigenvalue weighted by molar-refractivity contribution is -0.130. The Balaban J connectivity index is 1.68. The lowest BCUT2D eigenvalue weighted by Crippen LogP contribution is -2.42. The molecule has 2 aromatic rings. The average molecular weight is 486 g/mol. The molecule has 0 radical (unpaired) electrons. The van der Waals surface area contributed by atoms with Gasteiger partial charge in [0.1, 0.15) is 6.61 Å². The zero-order valence-corrected chi connectivity index (χ0v) is 16.7. The van der Waals surface area contributed by atoms with Crippen molar-refractivity contribution in [1.82, 2.24) is 5.43 Å². The van der Waals surface area contributed by atoms with Crippen LogP contribution >= 0.6 is 31.9 Å². The van der Waals surface area contributed by atoms with Crippen LogP contribution < -0.4 is 19.6 Å². The number of fused-ring (bicyclic) bond motifs is 1. The molecule has 0 aromatic heterocycles. The van der Waals surface area contributed by atoms with E-state index in [1.165, 1.54) is 13.3 Å². The third-order valence-electron chi connectivity index (χ3n) is 3.57. The summed E-state index contributed by atoms with van der Waals surface area (Å²) in [6.45, 7) is 0.0979. The van der Waals surface area contributed by atoms with E-state index in [1.54, 1.807) is 24.3 Å². The fourth-order valence-corrected chi connectivity index (χ4v) is 3.08. The Hall–Kier alpha value is -2.26. The number of phenolic OH excluding ortho intramolecular Hbond substituents is 1. The summed E-state index contributed by atoms with van der Waals surface area (Å²) in [7, 11) is 1.44. The number of ether oxygens (including phenoxy) is 3. The number of para-hydroxylation sites is 2. The lowest BCUT2D eigenvalue weighted by Gasteiger charge is -2.24. The Labute approximate surface area is 166 Å². The molecule has 1 aliphatic heterocycles. The number of nitrogens with zero attached hydrogens (tertiary/aromatic N) is 1. The molecule has 136 valence electrons. The standard InChI is InChI=1S/C17H14Br2N2O5/c1-24-12-6-9(14(18)15(19)16(12)22)7-20-21-17(23)13-8-25-10-4-2-3-5-11(10)26-13/h2-7,13,22H,8H2,1H3,(H,21,23). The average Bonchev–Trinajstić information content (AvgIpc) is 2.67. The molecule has 1 atom stereocenters. The monoisotopic (exact) mass is 484 g/mol. The first-order valence-corrected chi connectivity index (χ1v) is 9.06. The molecular formula is C17H14Br2N2O5. The van der Waals surface area contributed by atoms with Gasteiger partial charge in [-0.1, -0.05) is 12.1 Å². The molecule has 9 heteroatoms. The van der Waals surface area contributed by atoms with E-state index >= 15 is 0 Å². The van der Waals surface area contributed by atoms with Gasteiger partial charge in [0.25, 0.3) is 5.91 Å². The van der Waals surface area contributed by atoms with E-state index in [0.29, 0.717) is 26.0 Å². The number of hydrogen-bond acceptors (Lipinski definition) is 6. The van der Waals surface area contributed by atoms with E-state index in [2.05, 4.69) is 42.4 Å². The third-order valence-corrected chi connectivity index (χ3v) is 5.73. The highest BCUT2D eigenvalue weighted by Crippen LogP contribution is 2.41. The molecule has 0 saturated carbocycles. The van der Waals surface area contributed by atoms with Crippen molar-refractivity contribution in [3.05, 3.63) is 44.8 Å². The maximum Gasteiger partial charge on any atom is 0.284 e. The number of carbonyl (C=O) groups is 1. The fraction of sp³-hybridized carbons (Fsp3) is 0.176. The number of amides is 1. The number of rotatable bonds is 4. The lowest BCUT2D eigenvalue weighted by atomic mass is 10.2. The zero-order valence-electron chi connectivity index (χ0n) is 13.5. The van der Waals surface area contributed by atoms with Crippen LogP contribution in [-0.4, -0.2) is 37.0 Å². The predicted molar refractivity (Wildman–Crippen MR) is 102 cm³/mol. The summed E-state index contributed by atoms with van der Waals surface area (Å²) in [6, 6.07) is 8.71. The van der Waals surface area contributed by atoms with Crippen LogP contribution in [0.25, 0.3) is 0 Å². The van der Waals surface area contributed by atoms with Crippen molar-refractivity contribution in [3.8, 4) is 23.0 Å². The van der Waals surface area contributed by atoms with E-state index in [1.807, 2.05) is 6.07 Å². The number of hydrazone groups is 1.